The zero-order valence-electron chi connectivity index (χ0n) is 19.9. The Bertz CT molecular complexity index is 563. The maximum Gasteiger partial charge on any atom is 0.407 e. The highest BCUT2D eigenvalue weighted by molar-refractivity contribution is 5.67. The summed E-state index contributed by atoms with van der Waals surface area (Å²) >= 11 is 0. The van der Waals surface area contributed by atoms with E-state index in [1.54, 1.807) is 0 Å². The Kier molecular flexibility index (Phi) is 17.2. The average molecular weight is 404 g/mol. The van der Waals surface area contributed by atoms with Crippen molar-refractivity contribution in [3.05, 3.63) is 46.6 Å². The van der Waals surface area contributed by atoms with E-state index in [2.05, 4.69) is 65.1 Å². The predicted octanol–water partition coefficient (Wildman–Crippen LogP) is 8.05. The van der Waals surface area contributed by atoms with E-state index in [1.165, 1.54) is 22.3 Å². The van der Waals surface area contributed by atoms with Gasteiger partial charge in [0.1, 0.15) is 6.61 Å². The summed E-state index contributed by atoms with van der Waals surface area (Å²) in [6.45, 7) is 14.1. The van der Waals surface area contributed by atoms with Gasteiger partial charge in [-0.25, -0.2) is 4.79 Å². The fraction of sp³-hybridized carbons (Fsp3) is 0.654. The molecule has 166 valence electrons. The molecule has 0 bridgehead atoms. The highest BCUT2D eigenvalue weighted by Crippen LogP contribution is 2.13. The molecule has 0 spiro atoms. The molecule has 0 atom stereocenters. The van der Waals surface area contributed by atoms with Gasteiger partial charge in [-0.3, -0.25) is 0 Å². The lowest BCUT2D eigenvalue weighted by molar-refractivity contribution is 0.158. The Balaban J connectivity index is 3.95. The van der Waals surface area contributed by atoms with Gasteiger partial charge in [-0.2, -0.15) is 0 Å². The Morgan fingerprint density at radius 1 is 0.759 bits per heavy atom. The number of amides is 1. The summed E-state index contributed by atoms with van der Waals surface area (Å²) in [4.78, 5) is 11.5. The summed E-state index contributed by atoms with van der Waals surface area (Å²) in [5.74, 6) is 0. The van der Waals surface area contributed by atoms with Crippen LogP contribution in [-0.4, -0.2) is 19.2 Å². The second kappa shape index (κ2) is 18.3. The topological polar surface area (TPSA) is 38.3 Å². The number of ether oxygens (including phenoxy) is 1. The van der Waals surface area contributed by atoms with Crippen molar-refractivity contribution in [3.8, 4) is 0 Å². The van der Waals surface area contributed by atoms with Gasteiger partial charge in [0, 0.05) is 6.54 Å². The highest BCUT2D eigenvalue weighted by atomic mass is 16.5. The molecule has 0 aliphatic carbocycles. The lowest BCUT2D eigenvalue weighted by Gasteiger charge is -2.05. The van der Waals surface area contributed by atoms with Gasteiger partial charge in [0.15, 0.2) is 0 Å². The monoisotopic (exact) mass is 403 g/mol. The molecule has 3 nitrogen and oxygen atoms in total. The van der Waals surface area contributed by atoms with Crippen molar-refractivity contribution in [1.82, 2.24) is 5.32 Å². The zero-order valence-corrected chi connectivity index (χ0v) is 19.9. The van der Waals surface area contributed by atoms with E-state index in [1.807, 2.05) is 6.08 Å². The third-order valence-corrected chi connectivity index (χ3v) is 4.85. The quantitative estimate of drug-likeness (QED) is 0.222. The fourth-order valence-electron chi connectivity index (χ4n) is 2.86. The first kappa shape index (κ1) is 27.2. The summed E-state index contributed by atoms with van der Waals surface area (Å²) < 4.78 is 5.18. The summed E-state index contributed by atoms with van der Waals surface area (Å²) in [6, 6.07) is 0. The van der Waals surface area contributed by atoms with Crippen LogP contribution in [0.4, 0.5) is 4.79 Å². The van der Waals surface area contributed by atoms with E-state index in [4.69, 9.17) is 4.74 Å². The molecule has 1 amide bonds. The highest BCUT2D eigenvalue weighted by Gasteiger charge is 1.99. The number of rotatable bonds is 15. The van der Waals surface area contributed by atoms with Gasteiger partial charge in [0.2, 0.25) is 0 Å². The van der Waals surface area contributed by atoms with E-state index in [0.29, 0.717) is 13.2 Å². The van der Waals surface area contributed by atoms with Crippen LogP contribution in [0.2, 0.25) is 0 Å². The van der Waals surface area contributed by atoms with Crippen LogP contribution in [0.25, 0.3) is 0 Å². The molecular formula is C26H45NO2. The number of nitrogens with one attached hydrogen (secondary N) is 1. The molecule has 0 saturated carbocycles. The molecule has 0 heterocycles. The smallest absolute Gasteiger partial charge is 0.407 e. The molecule has 0 aromatic carbocycles. The maximum absolute atomic E-state index is 11.5. The second-order valence-corrected chi connectivity index (χ2v) is 8.28. The Labute approximate surface area is 180 Å². The van der Waals surface area contributed by atoms with Crippen LogP contribution in [0, 0.1) is 0 Å². The Morgan fingerprint density at radius 3 is 1.79 bits per heavy atom. The molecule has 0 unspecified atom stereocenters. The molecule has 0 fully saturated rings. The van der Waals surface area contributed by atoms with Crippen molar-refractivity contribution in [2.75, 3.05) is 13.2 Å². The Hall–Kier alpha value is -1.77. The van der Waals surface area contributed by atoms with Crippen LogP contribution < -0.4 is 5.32 Å². The summed E-state index contributed by atoms with van der Waals surface area (Å²) in [5.41, 5.74) is 5.61. The van der Waals surface area contributed by atoms with Gasteiger partial charge < -0.3 is 10.1 Å². The van der Waals surface area contributed by atoms with Crippen LogP contribution in [0.15, 0.2) is 46.6 Å². The van der Waals surface area contributed by atoms with Gasteiger partial charge in [0.25, 0.3) is 0 Å². The first-order valence-corrected chi connectivity index (χ1v) is 11.4. The first-order chi connectivity index (χ1) is 13.8. The lowest BCUT2D eigenvalue weighted by atomic mass is 10.0. The van der Waals surface area contributed by atoms with Crippen LogP contribution in [0.1, 0.15) is 99.3 Å². The van der Waals surface area contributed by atoms with E-state index in [9.17, 15) is 4.79 Å². The average Bonchev–Trinajstić information content (AvgIpc) is 2.65. The molecule has 0 aliphatic rings. The van der Waals surface area contributed by atoms with E-state index >= 15 is 0 Å². The van der Waals surface area contributed by atoms with Crippen molar-refractivity contribution in [3.63, 3.8) is 0 Å². The number of allylic oxidation sites excluding steroid dienone is 7. The van der Waals surface area contributed by atoms with Gasteiger partial charge in [0.05, 0.1) is 0 Å². The molecule has 0 aliphatic heterocycles. The summed E-state index contributed by atoms with van der Waals surface area (Å²) in [5, 5.41) is 2.79. The molecule has 0 rings (SSSR count). The standard InChI is InChI=1S/C26H45NO2/c1-7-8-9-20-27-26(28)29-21-19-25(6)18-12-17-24(5)16-11-15-23(4)14-10-13-22(2)3/h13,15,17,19H,7-12,14,16,18,20-21H2,1-6H3,(H,27,28). The van der Waals surface area contributed by atoms with Gasteiger partial charge in [-0.15, -0.1) is 0 Å². The molecule has 1 N–H and O–H groups in total. The Morgan fingerprint density at radius 2 is 1.28 bits per heavy atom. The number of alkyl carbamates (subject to hydrolysis) is 1. The minimum atomic E-state index is -0.315. The van der Waals surface area contributed by atoms with Gasteiger partial charge in [-0.05, 0) is 85.6 Å². The second-order valence-electron chi connectivity index (χ2n) is 8.28. The van der Waals surface area contributed by atoms with Crippen LogP contribution in [0.5, 0.6) is 0 Å². The summed E-state index contributed by atoms with van der Waals surface area (Å²) in [7, 11) is 0. The third kappa shape index (κ3) is 19.3. The number of hydrogen-bond donors (Lipinski definition) is 1. The fourth-order valence-corrected chi connectivity index (χ4v) is 2.86. The molecule has 0 radical (unpaired) electrons. The zero-order chi connectivity index (χ0) is 21.9. The number of carbonyl (C=O) groups excluding carboxylic acids is 1. The molecule has 3 heteroatoms. The molecule has 0 aromatic heterocycles. The van der Waals surface area contributed by atoms with Crippen molar-refractivity contribution < 1.29 is 9.53 Å². The van der Waals surface area contributed by atoms with Crippen LogP contribution >= 0.6 is 0 Å². The van der Waals surface area contributed by atoms with Crippen molar-refractivity contribution in [2.45, 2.75) is 99.3 Å². The summed E-state index contributed by atoms with van der Waals surface area (Å²) in [6.07, 6.45) is 18.6. The lowest BCUT2D eigenvalue weighted by Crippen LogP contribution is -2.25. The molecular weight excluding hydrogens is 358 g/mol. The maximum atomic E-state index is 11.5. The van der Waals surface area contributed by atoms with Crippen molar-refractivity contribution in [2.24, 2.45) is 0 Å². The van der Waals surface area contributed by atoms with Crippen LogP contribution in [-0.2, 0) is 4.74 Å². The normalized spacial score (nSPS) is 12.7. The third-order valence-electron chi connectivity index (χ3n) is 4.85. The minimum absolute atomic E-state index is 0.315. The van der Waals surface area contributed by atoms with Gasteiger partial charge in [-0.1, -0.05) is 60.3 Å². The first-order valence-electron chi connectivity index (χ1n) is 11.4. The number of carbonyl (C=O) groups is 1. The molecule has 0 aromatic rings. The van der Waals surface area contributed by atoms with Crippen molar-refractivity contribution in [1.29, 1.82) is 0 Å². The van der Waals surface area contributed by atoms with E-state index < -0.39 is 0 Å². The largest absolute Gasteiger partial charge is 0.445 e. The van der Waals surface area contributed by atoms with Crippen LogP contribution in [0.3, 0.4) is 0 Å². The van der Waals surface area contributed by atoms with Gasteiger partial charge >= 0.3 is 6.09 Å². The van der Waals surface area contributed by atoms with E-state index in [-0.39, 0.29) is 6.09 Å². The number of hydrogen-bond acceptors (Lipinski definition) is 2. The molecule has 0 saturated heterocycles. The SMILES string of the molecule is CCCCCNC(=O)OCC=C(C)CCC=C(C)CCC=C(C)CCC=C(C)C. The van der Waals surface area contributed by atoms with E-state index in [0.717, 1.165) is 57.8 Å². The van der Waals surface area contributed by atoms with Crippen molar-refractivity contribution >= 4 is 6.09 Å². The molecule has 29 heavy (non-hydrogen) atoms. The minimum Gasteiger partial charge on any atom is -0.445 e. The predicted molar refractivity (Wildman–Crippen MR) is 127 cm³/mol. The number of unbranched alkanes of at least 4 members (excludes halogenated alkanes) is 2.